The highest BCUT2D eigenvalue weighted by atomic mass is 32.1. The van der Waals surface area contributed by atoms with E-state index in [9.17, 15) is 4.79 Å². The Hall–Kier alpha value is -3.00. The van der Waals surface area contributed by atoms with Crippen LogP contribution >= 0.6 is 11.3 Å². The van der Waals surface area contributed by atoms with Gasteiger partial charge in [0.05, 0.1) is 30.0 Å². The number of thiophene rings is 1. The predicted octanol–water partition coefficient (Wildman–Crippen LogP) is 3.52. The Balaban J connectivity index is 1.39. The van der Waals surface area contributed by atoms with E-state index in [1.165, 1.54) is 4.88 Å². The molecule has 0 radical (unpaired) electrons. The van der Waals surface area contributed by atoms with Gasteiger partial charge in [-0.1, -0.05) is 6.07 Å². The second kappa shape index (κ2) is 7.44. The molecule has 1 aliphatic heterocycles. The van der Waals surface area contributed by atoms with Crippen molar-refractivity contribution in [1.29, 1.82) is 0 Å². The fourth-order valence-electron chi connectivity index (χ4n) is 4.04. The number of fused-ring (bicyclic) bond motifs is 1. The first-order valence-corrected chi connectivity index (χ1v) is 10.7. The zero-order chi connectivity index (χ0) is 19.8. The van der Waals surface area contributed by atoms with Gasteiger partial charge in [-0.05, 0) is 37.3 Å². The van der Waals surface area contributed by atoms with Gasteiger partial charge in [0.2, 0.25) is 0 Å². The number of piperidine rings is 1. The molecule has 5 heterocycles. The van der Waals surface area contributed by atoms with Gasteiger partial charge in [0.1, 0.15) is 0 Å². The van der Waals surface area contributed by atoms with E-state index in [1.807, 2.05) is 47.4 Å². The van der Waals surface area contributed by atoms with Crippen molar-refractivity contribution in [2.24, 2.45) is 0 Å². The number of hydrogen-bond donors (Lipinski definition) is 0. The van der Waals surface area contributed by atoms with Gasteiger partial charge in [0.25, 0.3) is 5.91 Å². The van der Waals surface area contributed by atoms with Gasteiger partial charge >= 0.3 is 0 Å². The third-order valence-corrected chi connectivity index (χ3v) is 6.41. The van der Waals surface area contributed by atoms with Gasteiger partial charge in [-0.2, -0.15) is 5.10 Å². The van der Waals surface area contributed by atoms with Crippen molar-refractivity contribution in [3.8, 4) is 0 Å². The summed E-state index contributed by atoms with van der Waals surface area (Å²) in [7, 11) is 0. The van der Waals surface area contributed by atoms with Crippen LogP contribution in [0.15, 0.2) is 48.5 Å². The molecule has 0 bridgehead atoms. The molecule has 1 fully saturated rings. The molecular formula is C21H22N6OS. The number of hydrogen-bond acceptors (Lipinski definition) is 5. The van der Waals surface area contributed by atoms with E-state index in [-0.39, 0.29) is 5.91 Å². The first-order valence-electron chi connectivity index (χ1n) is 9.81. The lowest BCUT2D eigenvalue weighted by molar-refractivity contribution is 0.0696. The average Bonchev–Trinajstić information content (AvgIpc) is 3.50. The summed E-state index contributed by atoms with van der Waals surface area (Å²) in [5, 5.41) is 7.41. The van der Waals surface area contributed by atoms with Crippen molar-refractivity contribution < 1.29 is 4.79 Å². The monoisotopic (exact) mass is 406 g/mol. The van der Waals surface area contributed by atoms with Crippen molar-refractivity contribution in [3.05, 3.63) is 64.6 Å². The summed E-state index contributed by atoms with van der Waals surface area (Å²) in [6.45, 7) is 4.09. The molecule has 4 aromatic heterocycles. The largest absolute Gasteiger partial charge is 0.338 e. The van der Waals surface area contributed by atoms with Gasteiger partial charge in [0, 0.05) is 42.1 Å². The predicted molar refractivity (Wildman–Crippen MR) is 112 cm³/mol. The lowest BCUT2D eigenvalue weighted by atomic mass is 10.0. The molecule has 0 aromatic carbocycles. The molecule has 1 amide bonds. The normalized spacial score (nSPS) is 15.3. The van der Waals surface area contributed by atoms with Crippen LogP contribution in [0.4, 0.5) is 0 Å². The summed E-state index contributed by atoms with van der Waals surface area (Å²) in [5.41, 5.74) is 2.31. The summed E-state index contributed by atoms with van der Waals surface area (Å²) >= 11 is 1.70. The molecule has 0 N–H and O–H groups in total. The fourth-order valence-corrected chi connectivity index (χ4v) is 4.72. The number of likely N-dealkylation sites (tertiary alicyclic amines) is 1. The Kier molecular flexibility index (Phi) is 4.63. The summed E-state index contributed by atoms with van der Waals surface area (Å²) in [6.07, 6.45) is 9.32. The van der Waals surface area contributed by atoms with E-state index >= 15 is 0 Å². The van der Waals surface area contributed by atoms with Crippen molar-refractivity contribution >= 4 is 28.3 Å². The van der Waals surface area contributed by atoms with Crippen LogP contribution in [0.1, 0.15) is 39.8 Å². The number of carbonyl (C=O) groups is 1. The Morgan fingerprint density at radius 2 is 2.17 bits per heavy atom. The van der Waals surface area contributed by atoms with Gasteiger partial charge in [-0.3, -0.25) is 4.79 Å². The molecule has 0 atom stereocenters. The van der Waals surface area contributed by atoms with Crippen molar-refractivity contribution in [2.75, 3.05) is 13.1 Å². The quantitative estimate of drug-likeness (QED) is 0.520. The third-order valence-electron chi connectivity index (χ3n) is 5.55. The summed E-state index contributed by atoms with van der Waals surface area (Å²) in [4.78, 5) is 25.3. The van der Waals surface area contributed by atoms with Crippen LogP contribution in [-0.4, -0.2) is 48.2 Å². The Labute approximate surface area is 172 Å². The van der Waals surface area contributed by atoms with Gasteiger partial charge < -0.3 is 9.47 Å². The van der Waals surface area contributed by atoms with Gasteiger partial charge in [-0.15, -0.1) is 11.3 Å². The van der Waals surface area contributed by atoms with Crippen LogP contribution in [0.2, 0.25) is 0 Å². The summed E-state index contributed by atoms with van der Waals surface area (Å²) < 4.78 is 4.03. The lowest BCUT2D eigenvalue weighted by Crippen LogP contribution is -2.39. The van der Waals surface area contributed by atoms with Crippen molar-refractivity contribution in [2.45, 2.75) is 32.4 Å². The maximum Gasteiger partial charge on any atom is 0.254 e. The molecule has 0 spiro atoms. The lowest BCUT2D eigenvalue weighted by Gasteiger charge is -2.32. The standard InChI is InChI=1S/C21H22N6OS/c1-15-11-18(19-12-23-27(20(19)24-15)13-17-3-2-10-29-17)21(28)25-7-4-16(5-8-25)26-9-6-22-14-26/h2-3,6,9-12,14,16H,4-5,7-8,13H2,1H3. The van der Waals surface area contributed by atoms with Gasteiger partial charge in [0.15, 0.2) is 5.65 Å². The molecule has 5 rings (SSSR count). The van der Waals surface area contributed by atoms with Crippen molar-refractivity contribution in [3.63, 3.8) is 0 Å². The number of aromatic nitrogens is 5. The zero-order valence-corrected chi connectivity index (χ0v) is 17.0. The zero-order valence-electron chi connectivity index (χ0n) is 16.2. The highest BCUT2D eigenvalue weighted by Crippen LogP contribution is 2.26. The minimum Gasteiger partial charge on any atom is -0.338 e. The van der Waals surface area contributed by atoms with Crippen LogP contribution < -0.4 is 0 Å². The molecule has 1 saturated heterocycles. The summed E-state index contributed by atoms with van der Waals surface area (Å²) in [5.74, 6) is 0.0697. The SMILES string of the molecule is Cc1cc(C(=O)N2CCC(n3ccnc3)CC2)c2cnn(Cc3cccs3)c2n1. The first-order chi connectivity index (χ1) is 14.2. The molecular weight excluding hydrogens is 384 g/mol. The maximum absolute atomic E-state index is 13.3. The van der Waals surface area contributed by atoms with E-state index in [4.69, 9.17) is 0 Å². The average molecular weight is 407 g/mol. The van der Waals surface area contributed by atoms with Crippen LogP contribution in [0.3, 0.4) is 0 Å². The molecule has 7 nitrogen and oxygen atoms in total. The molecule has 4 aromatic rings. The molecule has 148 valence electrons. The number of imidazole rings is 1. The van der Waals surface area contributed by atoms with Gasteiger partial charge in [-0.25, -0.2) is 14.6 Å². The topological polar surface area (TPSA) is 68.8 Å². The van der Waals surface area contributed by atoms with Crippen molar-refractivity contribution in [1.82, 2.24) is 29.2 Å². The van der Waals surface area contributed by atoms with Crippen LogP contribution in [0.25, 0.3) is 11.0 Å². The highest BCUT2D eigenvalue weighted by molar-refractivity contribution is 7.09. The Morgan fingerprint density at radius 3 is 2.90 bits per heavy atom. The Morgan fingerprint density at radius 1 is 1.31 bits per heavy atom. The number of amides is 1. The maximum atomic E-state index is 13.3. The molecule has 29 heavy (non-hydrogen) atoms. The fraction of sp³-hybridized carbons (Fsp3) is 0.333. The van der Waals surface area contributed by atoms with E-state index in [1.54, 1.807) is 17.5 Å². The van der Waals surface area contributed by atoms with E-state index in [0.29, 0.717) is 18.2 Å². The third kappa shape index (κ3) is 3.44. The molecule has 0 saturated carbocycles. The van der Waals surface area contributed by atoms with Crippen LogP contribution in [-0.2, 0) is 6.54 Å². The van der Waals surface area contributed by atoms with E-state index in [0.717, 1.165) is 42.7 Å². The number of nitrogens with zero attached hydrogens (tertiary/aromatic N) is 6. The van der Waals surface area contributed by atoms with E-state index < -0.39 is 0 Å². The first kappa shape index (κ1) is 18.1. The highest BCUT2D eigenvalue weighted by Gasteiger charge is 2.26. The minimum absolute atomic E-state index is 0.0697. The van der Waals surface area contributed by atoms with Crippen LogP contribution in [0.5, 0.6) is 0 Å². The van der Waals surface area contributed by atoms with E-state index in [2.05, 4.69) is 31.1 Å². The molecule has 0 aliphatic carbocycles. The van der Waals surface area contributed by atoms with Crippen LogP contribution in [0, 0.1) is 6.92 Å². The minimum atomic E-state index is 0.0697. The molecule has 8 heteroatoms. The molecule has 0 unspecified atom stereocenters. The molecule has 1 aliphatic rings. The second-order valence-corrected chi connectivity index (χ2v) is 8.50. The Bertz CT molecular complexity index is 1120. The number of aryl methyl sites for hydroxylation is 1. The number of pyridine rings is 1. The second-order valence-electron chi connectivity index (χ2n) is 7.46. The number of carbonyl (C=O) groups excluding carboxylic acids is 1. The summed E-state index contributed by atoms with van der Waals surface area (Å²) in [6, 6.07) is 6.43. The number of rotatable bonds is 4. The smallest absolute Gasteiger partial charge is 0.254 e.